The quantitative estimate of drug-likeness (QED) is 0.847. The van der Waals surface area contributed by atoms with Gasteiger partial charge in [-0.15, -0.1) is 0 Å². The largest absolute Gasteiger partial charge is 0.393 e. The summed E-state index contributed by atoms with van der Waals surface area (Å²) in [5.41, 5.74) is 2.70. The van der Waals surface area contributed by atoms with E-state index in [4.69, 9.17) is 0 Å². The number of rotatable bonds is 5. The molecule has 1 unspecified atom stereocenters. The molecule has 0 radical (unpaired) electrons. The van der Waals surface area contributed by atoms with Crippen molar-refractivity contribution >= 4 is 17.3 Å². The first-order valence-electron chi connectivity index (χ1n) is 9.98. The topological polar surface area (TPSA) is 64.5 Å². The van der Waals surface area contributed by atoms with Crippen LogP contribution in [0, 0.1) is 12.8 Å². The van der Waals surface area contributed by atoms with Crippen LogP contribution in [-0.4, -0.2) is 53.9 Å². The summed E-state index contributed by atoms with van der Waals surface area (Å²) in [6.07, 6.45) is 4.28. The second-order valence-corrected chi connectivity index (χ2v) is 7.75. The molecular formula is C21H29N5O. The highest BCUT2D eigenvalue weighted by molar-refractivity contribution is 5.54. The second-order valence-electron chi connectivity index (χ2n) is 7.75. The van der Waals surface area contributed by atoms with E-state index in [2.05, 4.69) is 56.3 Å². The average molecular weight is 367 g/mol. The summed E-state index contributed by atoms with van der Waals surface area (Å²) < 4.78 is 0. The Morgan fingerprint density at radius 3 is 2.67 bits per heavy atom. The van der Waals surface area contributed by atoms with E-state index < -0.39 is 0 Å². The van der Waals surface area contributed by atoms with Gasteiger partial charge in [-0.2, -0.15) is 0 Å². The van der Waals surface area contributed by atoms with Crippen molar-refractivity contribution in [2.45, 2.75) is 32.3 Å². The Bertz CT molecular complexity index is 760. The van der Waals surface area contributed by atoms with Crippen LogP contribution in [0.3, 0.4) is 0 Å². The van der Waals surface area contributed by atoms with Crippen molar-refractivity contribution in [1.82, 2.24) is 9.97 Å². The number of nitrogens with zero attached hydrogens (tertiary/aromatic N) is 4. The number of piperidine rings is 1. The number of aliphatic hydroxyl groups excluding tert-OH is 1. The Labute approximate surface area is 161 Å². The third-order valence-electron chi connectivity index (χ3n) is 5.75. The van der Waals surface area contributed by atoms with Gasteiger partial charge in [0.15, 0.2) is 0 Å². The van der Waals surface area contributed by atoms with Crippen LogP contribution in [-0.2, 0) is 0 Å². The highest BCUT2D eigenvalue weighted by Gasteiger charge is 2.24. The number of anilines is 3. The summed E-state index contributed by atoms with van der Waals surface area (Å²) >= 11 is 0. The first-order valence-corrected chi connectivity index (χ1v) is 9.98. The van der Waals surface area contributed by atoms with Crippen LogP contribution in [0.4, 0.5) is 17.3 Å². The van der Waals surface area contributed by atoms with E-state index in [1.165, 1.54) is 17.7 Å². The summed E-state index contributed by atoms with van der Waals surface area (Å²) in [6.45, 7) is 7.01. The molecular weight excluding hydrogens is 338 g/mol. The van der Waals surface area contributed by atoms with E-state index in [1.54, 1.807) is 6.33 Å². The molecule has 1 aromatic carbocycles. The molecule has 144 valence electrons. The number of hydrogen-bond acceptors (Lipinski definition) is 6. The maximum Gasteiger partial charge on any atom is 0.134 e. The van der Waals surface area contributed by atoms with Crippen LogP contribution in [0.5, 0.6) is 0 Å². The van der Waals surface area contributed by atoms with Gasteiger partial charge in [0.2, 0.25) is 0 Å². The molecule has 2 aromatic rings. The monoisotopic (exact) mass is 367 g/mol. The maximum absolute atomic E-state index is 9.68. The maximum atomic E-state index is 9.68. The van der Waals surface area contributed by atoms with Crippen LogP contribution >= 0.6 is 0 Å². The standard InChI is InChI=1S/C21H29N5O/c1-16-4-2-3-5-19(16)26-9-6-17(14-26)13-22-20-12-21(24-15-23-20)25-10-7-18(27)8-11-25/h2-5,12,15,17-18,27H,6-11,13-14H2,1H3,(H,22,23,24). The fraction of sp³-hybridized carbons (Fsp3) is 0.524. The van der Waals surface area contributed by atoms with Crippen molar-refractivity contribution in [3.8, 4) is 0 Å². The Morgan fingerprint density at radius 2 is 1.85 bits per heavy atom. The van der Waals surface area contributed by atoms with E-state index in [9.17, 15) is 5.11 Å². The molecule has 2 aliphatic rings. The molecule has 2 saturated heterocycles. The first kappa shape index (κ1) is 18.0. The normalized spacial score (nSPS) is 20.9. The van der Waals surface area contributed by atoms with E-state index >= 15 is 0 Å². The van der Waals surface area contributed by atoms with E-state index in [1.807, 2.05) is 6.07 Å². The van der Waals surface area contributed by atoms with Crippen LogP contribution in [0.2, 0.25) is 0 Å². The molecule has 0 aliphatic carbocycles. The third kappa shape index (κ3) is 4.33. The number of aryl methyl sites for hydroxylation is 1. The summed E-state index contributed by atoms with van der Waals surface area (Å²) in [6, 6.07) is 10.7. The minimum absolute atomic E-state index is 0.167. The zero-order valence-electron chi connectivity index (χ0n) is 16.0. The zero-order valence-corrected chi connectivity index (χ0v) is 16.0. The number of aromatic nitrogens is 2. The number of benzene rings is 1. The van der Waals surface area contributed by atoms with Gasteiger partial charge in [-0.3, -0.25) is 0 Å². The smallest absolute Gasteiger partial charge is 0.134 e. The summed E-state index contributed by atoms with van der Waals surface area (Å²) in [7, 11) is 0. The Kier molecular flexibility index (Phi) is 5.43. The van der Waals surface area contributed by atoms with Crippen molar-refractivity contribution in [3.63, 3.8) is 0 Å². The molecule has 1 aromatic heterocycles. The number of aliphatic hydroxyl groups is 1. The van der Waals surface area contributed by atoms with E-state index in [0.717, 1.165) is 57.2 Å². The van der Waals surface area contributed by atoms with Gasteiger partial charge in [0, 0.05) is 44.5 Å². The lowest BCUT2D eigenvalue weighted by atomic mass is 10.1. The van der Waals surface area contributed by atoms with E-state index in [0.29, 0.717) is 5.92 Å². The van der Waals surface area contributed by atoms with Crippen molar-refractivity contribution in [3.05, 3.63) is 42.2 Å². The minimum atomic E-state index is -0.167. The molecule has 27 heavy (non-hydrogen) atoms. The van der Waals surface area contributed by atoms with Gasteiger partial charge in [0.05, 0.1) is 6.10 Å². The molecule has 2 fully saturated rings. The molecule has 0 saturated carbocycles. The van der Waals surface area contributed by atoms with Crippen LogP contribution in [0.15, 0.2) is 36.7 Å². The number of hydrogen-bond donors (Lipinski definition) is 2. The Hall–Kier alpha value is -2.34. The number of para-hydroxylation sites is 1. The van der Waals surface area contributed by atoms with Gasteiger partial charge in [-0.1, -0.05) is 18.2 Å². The second kappa shape index (κ2) is 8.13. The van der Waals surface area contributed by atoms with Crippen LogP contribution < -0.4 is 15.1 Å². The van der Waals surface area contributed by atoms with Gasteiger partial charge >= 0.3 is 0 Å². The molecule has 4 rings (SSSR count). The predicted molar refractivity (Wildman–Crippen MR) is 109 cm³/mol. The SMILES string of the molecule is Cc1ccccc1N1CCC(CNc2cc(N3CCC(O)CC3)ncn2)C1. The highest BCUT2D eigenvalue weighted by atomic mass is 16.3. The van der Waals surface area contributed by atoms with Crippen molar-refractivity contribution < 1.29 is 5.11 Å². The van der Waals surface area contributed by atoms with Gasteiger partial charge < -0.3 is 20.2 Å². The van der Waals surface area contributed by atoms with Crippen LogP contribution in [0.25, 0.3) is 0 Å². The molecule has 2 aliphatic heterocycles. The van der Waals surface area contributed by atoms with Gasteiger partial charge in [0.1, 0.15) is 18.0 Å². The fourth-order valence-electron chi connectivity index (χ4n) is 4.10. The molecule has 0 amide bonds. The molecule has 1 atom stereocenters. The van der Waals surface area contributed by atoms with Gasteiger partial charge in [-0.05, 0) is 43.7 Å². The highest BCUT2D eigenvalue weighted by Crippen LogP contribution is 2.27. The predicted octanol–water partition coefficient (Wildman–Crippen LogP) is 2.68. The first-order chi connectivity index (χ1) is 13.2. The third-order valence-corrected chi connectivity index (χ3v) is 5.75. The lowest BCUT2D eigenvalue weighted by Crippen LogP contribution is -2.36. The van der Waals surface area contributed by atoms with Gasteiger partial charge in [-0.25, -0.2) is 9.97 Å². The molecule has 2 N–H and O–H groups in total. The Balaban J connectivity index is 1.32. The Morgan fingerprint density at radius 1 is 1.07 bits per heavy atom. The van der Waals surface area contributed by atoms with Crippen LogP contribution in [0.1, 0.15) is 24.8 Å². The summed E-state index contributed by atoms with van der Waals surface area (Å²) in [5.74, 6) is 2.46. The summed E-state index contributed by atoms with van der Waals surface area (Å²) in [4.78, 5) is 13.5. The zero-order chi connectivity index (χ0) is 18.6. The fourth-order valence-corrected chi connectivity index (χ4v) is 4.10. The molecule has 3 heterocycles. The molecule has 0 spiro atoms. The lowest BCUT2D eigenvalue weighted by molar-refractivity contribution is 0.145. The minimum Gasteiger partial charge on any atom is -0.393 e. The van der Waals surface area contributed by atoms with Crippen molar-refractivity contribution in [2.75, 3.05) is 47.8 Å². The van der Waals surface area contributed by atoms with Gasteiger partial charge in [0.25, 0.3) is 0 Å². The lowest BCUT2D eigenvalue weighted by Gasteiger charge is -2.30. The summed E-state index contributed by atoms with van der Waals surface area (Å²) in [5, 5.41) is 13.2. The number of nitrogens with one attached hydrogen (secondary N) is 1. The average Bonchev–Trinajstić information content (AvgIpc) is 3.16. The van der Waals surface area contributed by atoms with Crippen molar-refractivity contribution in [2.24, 2.45) is 5.92 Å². The molecule has 0 bridgehead atoms. The van der Waals surface area contributed by atoms with E-state index in [-0.39, 0.29) is 6.10 Å². The molecule has 6 heteroatoms. The van der Waals surface area contributed by atoms with Crippen molar-refractivity contribution in [1.29, 1.82) is 0 Å². The molecule has 6 nitrogen and oxygen atoms in total.